The molecule has 4 heteroatoms. The third kappa shape index (κ3) is 10.7. The van der Waals surface area contributed by atoms with Crippen molar-refractivity contribution in [1.29, 1.82) is 5.26 Å². The van der Waals surface area contributed by atoms with Crippen LogP contribution < -0.4 is 35.3 Å². The van der Waals surface area contributed by atoms with Crippen molar-refractivity contribution < 1.29 is 34.4 Å². The summed E-state index contributed by atoms with van der Waals surface area (Å²) in [6.07, 6.45) is 0.736. The van der Waals surface area contributed by atoms with Gasteiger partial charge in [-0.3, -0.25) is 0 Å². The quantitative estimate of drug-likeness (QED) is 0.275. The molecule has 32 valence electrons. The normalized spacial score (nSPS) is 5.00. The van der Waals surface area contributed by atoms with Gasteiger partial charge in [0.15, 0.2) is 0 Å². The summed E-state index contributed by atoms with van der Waals surface area (Å²) in [4.78, 5) is 9.54. The van der Waals surface area contributed by atoms with E-state index in [2.05, 4.69) is 5.73 Å². The second-order valence-corrected chi connectivity index (χ2v) is 0.676. The van der Waals surface area contributed by atoms with Crippen molar-refractivity contribution in [2.45, 2.75) is 0 Å². The van der Waals surface area contributed by atoms with Crippen LogP contribution in [0.3, 0.4) is 0 Å². The number of carbonyl (C=O) groups excluding carboxylic acids is 1. The summed E-state index contributed by atoms with van der Waals surface area (Å²) < 4.78 is 0. The molecule has 0 aliphatic rings. The Labute approximate surface area is 63.8 Å². The summed E-state index contributed by atoms with van der Waals surface area (Å²) in [6.45, 7) is 0. The molecule has 0 fully saturated rings. The van der Waals surface area contributed by atoms with Gasteiger partial charge in [0, 0.05) is 0 Å². The molecule has 7 heavy (non-hydrogen) atoms. The van der Waals surface area contributed by atoms with Gasteiger partial charge in [0.05, 0.1) is 5.91 Å². The largest absolute Gasteiger partial charge is 1.00 e. The summed E-state index contributed by atoms with van der Waals surface area (Å²) in [6, 6.07) is 1.47. The van der Waals surface area contributed by atoms with Crippen LogP contribution in [0.4, 0.5) is 0 Å². The van der Waals surface area contributed by atoms with Crippen molar-refractivity contribution in [2.75, 3.05) is 0 Å². The number of amides is 1. The second kappa shape index (κ2) is 5.83. The number of hydrogen-bond donors (Lipinski definition) is 1. The van der Waals surface area contributed by atoms with Gasteiger partial charge in [-0.1, -0.05) is 6.07 Å². The van der Waals surface area contributed by atoms with Gasteiger partial charge in [-0.25, -0.2) is 11.7 Å². The van der Waals surface area contributed by atoms with Crippen molar-refractivity contribution >= 4 is 5.91 Å². The van der Waals surface area contributed by atoms with Crippen LogP contribution in [0.1, 0.15) is 0 Å². The molecule has 2 N–H and O–H groups in total. The van der Waals surface area contributed by atoms with Crippen LogP contribution in [0, 0.1) is 17.8 Å². The fraction of sp³-hybridized carbons (Fsp3) is 0. The molecule has 0 aromatic rings. The van der Waals surface area contributed by atoms with Gasteiger partial charge in [0.2, 0.25) is 0 Å². The summed E-state index contributed by atoms with van der Waals surface area (Å²) in [5.41, 5.74) is 4.49. The Kier molecular flexibility index (Phi) is 8.29. The number of nitriles is 1. The number of primary amides is 1. The minimum atomic E-state index is -0.697. The third-order valence-corrected chi connectivity index (χ3v) is 0.207. The molecule has 0 radical (unpaired) electrons. The van der Waals surface area contributed by atoms with E-state index in [9.17, 15) is 4.79 Å². The monoisotopic (exact) mass is 106 g/mol. The first-order chi connectivity index (χ1) is 2.77. The van der Waals surface area contributed by atoms with Crippen LogP contribution in [-0.4, -0.2) is 5.91 Å². The van der Waals surface area contributed by atoms with Gasteiger partial charge in [0.1, 0.15) is 0 Å². The van der Waals surface area contributed by atoms with Crippen molar-refractivity contribution in [2.24, 2.45) is 5.73 Å². The van der Waals surface area contributed by atoms with Gasteiger partial charge in [-0.05, 0) is 0 Å². The Morgan fingerprint density at radius 2 is 2.29 bits per heavy atom. The predicted octanol–water partition coefficient (Wildman–Crippen LogP) is -3.80. The molecule has 1 amide bonds. The molecule has 0 atom stereocenters. The Morgan fingerprint density at radius 1 is 1.86 bits per heavy atom. The van der Waals surface area contributed by atoms with E-state index < -0.39 is 5.91 Å². The Bertz CT molecular complexity index is 95.6. The van der Waals surface area contributed by atoms with E-state index in [1.54, 1.807) is 0 Å². The van der Waals surface area contributed by atoms with E-state index in [1.165, 1.54) is 6.07 Å². The second-order valence-electron chi connectivity index (χ2n) is 0.676. The average Bonchev–Trinajstić information content (AvgIpc) is 1.35. The molecule has 0 aromatic heterocycles. The zero-order chi connectivity index (χ0) is 4.99. The molecule has 0 unspecified atom stereocenters. The van der Waals surface area contributed by atoms with Crippen LogP contribution >= 0.6 is 0 Å². The maximum Gasteiger partial charge on any atom is 1.00 e. The summed E-state index contributed by atoms with van der Waals surface area (Å²) in [7, 11) is 0. The molecule has 0 bridgehead atoms. The van der Waals surface area contributed by atoms with E-state index >= 15 is 0 Å². The first kappa shape index (κ1) is 9.95. The van der Waals surface area contributed by atoms with Crippen LogP contribution in [0.25, 0.3) is 0 Å². The number of hydrogen-bond acceptors (Lipinski definition) is 2. The topological polar surface area (TPSA) is 66.9 Å². The number of nitrogens with two attached hydrogens (primary N) is 1. The first-order valence-electron chi connectivity index (χ1n) is 1.29. The van der Waals surface area contributed by atoms with Crippen LogP contribution in [-0.2, 0) is 4.79 Å². The molecular formula is C3H3N2NaO. The minimum absolute atomic E-state index is 0. The summed E-state index contributed by atoms with van der Waals surface area (Å²) >= 11 is 0. The molecule has 0 rings (SSSR count). The molecule has 0 heterocycles. The van der Waals surface area contributed by atoms with Gasteiger partial charge >= 0.3 is 29.6 Å². The maximum absolute atomic E-state index is 9.54. The molecule has 0 aliphatic carbocycles. The standard InChI is InChI=1S/C3H3N2O.Na/c4-2-1-3(5)6;/h1H,(H2,5,6);/q-1;+1. The summed E-state index contributed by atoms with van der Waals surface area (Å²) in [5, 5.41) is 7.63. The first-order valence-corrected chi connectivity index (χ1v) is 1.29. The van der Waals surface area contributed by atoms with E-state index in [-0.39, 0.29) is 29.6 Å². The number of rotatable bonds is 1. The van der Waals surface area contributed by atoms with Crippen molar-refractivity contribution in [3.05, 3.63) is 6.42 Å². The maximum atomic E-state index is 9.54. The molecule has 0 saturated carbocycles. The van der Waals surface area contributed by atoms with Gasteiger partial charge in [0.25, 0.3) is 0 Å². The van der Waals surface area contributed by atoms with Crippen LogP contribution in [0.2, 0.25) is 0 Å². The Hall–Kier alpha value is -0.170. The molecule has 0 aliphatic heterocycles. The Morgan fingerprint density at radius 3 is 2.29 bits per heavy atom. The smallest absolute Gasteiger partial charge is 0.394 e. The van der Waals surface area contributed by atoms with E-state index in [0.717, 1.165) is 6.42 Å². The molecule has 0 aromatic carbocycles. The zero-order valence-electron chi connectivity index (χ0n) is 4.01. The third-order valence-electron chi connectivity index (χ3n) is 0.207. The fourth-order valence-corrected chi connectivity index (χ4v) is 0.0636. The Balaban J connectivity index is 0. The van der Waals surface area contributed by atoms with Crippen molar-refractivity contribution in [3.8, 4) is 6.07 Å². The van der Waals surface area contributed by atoms with Gasteiger partial charge in [-0.2, -0.15) is 0 Å². The van der Waals surface area contributed by atoms with Gasteiger partial charge < -0.3 is 10.5 Å². The molecular weight excluding hydrogens is 103 g/mol. The SMILES string of the molecule is N#C[CH-]C(N)=O.[Na+]. The van der Waals surface area contributed by atoms with E-state index in [0.29, 0.717) is 0 Å². The number of carbonyl (C=O) groups is 1. The van der Waals surface area contributed by atoms with E-state index in [1.807, 2.05) is 0 Å². The molecule has 0 spiro atoms. The molecule has 0 saturated heterocycles. The van der Waals surface area contributed by atoms with Crippen LogP contribution in [0.5, 0.6) is 0 Å². The van der Waals surface area contributed by atoms with Gasteiger partial charge in [-0.15, -0.1) is 0 Å². The van der Waals surface area contributed by atoms with Crippen LogP contribution in [0.15, 0.2) is 0 Å². The zero-order valence-corrected chi connectivity index (χ0v) is 6.01. The minimum Gasteiger partial charge on any atom is -0.394 e. The predicted molar refractivity (Wildman–Crippen MR) is 19.1 cm³/mol. The van der Waals surface area contributed by atoms with Crippen molar-refractivity contribution in [1.82, 2.24) is 0 Å². The van der Waals surface area contributed by atoms with E-state index in [4.69, 9.17) is 5.26 Å². The average molecular weight is 106 g/mol. The summed E-state index contributed by atoms with van der Waals surface area (Å²) in [5.74, 6) is -0.697. The number of nitrogens with zero attached hydrogens (tertiary/aromatic N) is 1. The van der Waals surface area contributed by atoms with Crippen molar-refractivity contribution in [3.63, 3.8) is 0 Å². The molecule has 3 nitrogen and oxygen atoms in total. The fourth-order valence-electron chi connectivity index (χ4n) is 0.0636.